The van der Waals surface area contributed by atoms with Crippen LogP contribution in [0.15, 0.2) is 42.5 Å². The number of nitrogens with zero attached hydrogens (tertiary/aromatic N) is 1. The van der Waals surface area contributed by atoms with Crippen LogP contribution >= 0.6 is 0 Å². The molecule has 0 unspecified atom stereocenters. The fraction of sp³-hybridized carbons (Fsp3) is 0.273. The first-order valence-corrected chi connectivity index (χ1v) is 9.97. The lowest BCUT2D eigenvalue weighted by Crippen LogP contribution is -2.40. The molecule has 1 saturated heterocycles. The minimum absolute atomic E-state index is 0.0821. The Morgan fingerprint density at radius 1 is 1.10 bits per heavy atom. The molecule has 3 heterocycles. The van der Waals surface area contributed by atoms with Crippen LogP contribution in [0.1, 0.15) is 51.6 Å². The highest BCUT2D eigenvalue weighted by Crippen LogP contribution is 2.31. The Hall–Kier alpha value is -3.68. The van der Waals surface area contributed by atoms with Crippen LogP contribution in [0.5, 0.6) is 0 Å². The molecule has 8 nitrogen and oxygen atoms in total. The van der Waals surface area contributed by atoms with E-state index in [1.807, 2.05) is 12.1 Å². The standard InChI is InChI=1S/C22H20N4O4/c27-19(11-17-13-4-1-2-5-14(13)20(28)25-17)23-12-7-8-16-15(10-12)22(30)26-9-3-6-18(26)21(29)24-16/h1-2,4-5,7-8,10,17-18H,3,6,9,11H2,(H,23,27)(H,24,29)(H,25,28)/t17-,18+/m1/s1. The zero-order valence-corrected chi connectivity index (χ0v) is 16.1. The Labute approximate surface area is 172 Å². The van der Waals surface area contributed by atoms with Crippen LogP contribution in [0.4, 0.5) is 11.4 Å². The van der Waals surface area contributed by atoms with Crippen molar-refractivity contribution in [1.29, 1.82) is 0 Å². The molecule has 3 aliphatic rings. The molecule has 2 atom stereocenters. The number of carbonyl (C=O) groups excluding carboxylic acids is 4. The van der Waals surface area contributed by atoms with Gasteiger partial charge in [0.1, 0.15) is 6.04 Å². The lowest BCUT2D eigenvalue weighted by Gasteiger charge is -2.20. The van der Waals surface area contributed by atoms with Crippen molar-refractivity contribution in [3.63, 3.8) is 0 Å². The summed E-state index contributed by atoms with van der Waals surface area (Å²) >= 11 is 0. The maximum atomic E-state index is 12.9. The van der Waals surface area contributed by atoms with Crippen molar-refractivity contribution >= 4 is 35.0 Å². The summed E-state index contributed by atoms with van der Waals surface area (Å²) in [5.74, 6) is -0.845. The Morgan fingerprint density at radius 2 is 1.93 bits per heavy atom. The summed E-state index contributed by atoms with van der Waals surface area (Å²) < 4.78 is 0. The van der Waals surface area contributed by atoms with Crippen molar-refractivity contribution in [3.05, 3.63) is 59.2 Å². The fourth-order valence-electron chi connectivity index (χ4n) is 4.44. The molecule has 4 amide bonds. The first kappa shape index (κ1) is 18.4. The molecule has 0 bridgehead atoms. The summed E-state index contributed by atoms with van der Waals surface area (Å²) in [5.41, 5.74) is 2.68. The molecule has 30 heavy (non-hydrogen) atoms. The molecule has 0 aromatic heterocycles. The van der Waals surface area contributed by atoms with E-state index in [1.54, 1.807) is 35.2 Å². The SMILES string of the molecule is O=C(C[C@H]1NC(=O)c2ccccc21)Nc1ccc2c(c1)C(=O)N1CCC[C@H]1C(=O)N2. The van der Waals surface area contributed by atoms with Crippen LogP contribution in [0.2, 0.25) is 0 Å². The van der Waals surface area contributed by atoms with Gasteiger partial charge in [0.25, 0.3) is 11.8 Å². The van der Waals surface area contributed by atoms with Crippen LogP contribution in [-0.2, 0) is 9.59 Å². The average Bonchev–Trinajstić information content (AvgIpc) is 3.32. The predicted molar refractivity (Wildman–Crippen MR) is 109 cm³/mol. The number of nitrogens with one attached hydrogen (secondary N) is 3. The maximum absolute atomic E-state index is 12.9. The third-order valence-electron chi connectivity index (χ3n) is 5.88. The van der Waals surface area contributed by atoms with Crippen LogP contribution in [-0.4, -0.2) is 41.1 Å². The number of hydrogen-bond acceptors (Lipinski definition) is 4. The van der Waals surface area contributed by atoms with E-state index in [4.69, 9.17) is 0 Å². The van der Waals surface area contributed by atoms with E-state index in [2.05, 4.69) is 16.0 Å². The van der Waals surface area contributed by atoms with Gasteiger partial charge in [-0.1, -0.05) is 18.2 Å². The van der Waals surface area contributed by atoms with Gasteiger partial charge in [-0.3, -0.25) is 19.2 Å². The molecule has 0 aliphatic carbocycles. The van der Waals surface area contributed by atoms with Gasteiger partial charge in [-0.05, 0) is 42.7 Å². The zero-order chi connectivity index (χ0) is 20.8. The Bertz CT molecular complexity index is 1100. The molecule has 2 aromatic carbocycles. The molecule has 3 N–H and O–H groups in total. The highest BCUT2D eigenvalue weighted by Gasteiger charge is 2.38. The smallest absolute Gasteiger partial charge is 0.256 e. The van der Waals surface area contributed by atoms with Crippen LogP contribution in [0, 0.1) is 0 Å². The highest BCUT2D eigenvalue weighted by molar-refractivity contribution is 6.11. The van der Waals surface area contributed by atoms with Gasteiger partial charge in [0, 0.05) is 17.8 Å². The molecular weight excluding hydrogens is 384 g/mol. The number of fused-ring (bicyclic) bond motifs is 3. The Balaban J connectivity index is 1.34. The summed E-state index contributed by atoms with van der Waals surface area (Å²) in [6, 6.07) is 11.3. The van der Waals surface area contributed by atoms with E-state index in [0.29, 0.717) is 35.5 Å². The van der Waals surface area contributed by atoms with Crippen molar-refractivity contribution in [3.8, 4) is 0 Å². The van der Waals surface area contributed by atoms with Crippen LogP contribution in [0.3, 0.4) is 0 Å². The van der Waals surface area contributed by atoms with E-state index in [-0.39, 0.29) is 36.1 Å². The number of rotatable bonds is 3. The van der Waals surface area contributed by atoms with Crippen molar-refractivity contribution in [2.75, 3.05) is 17.2 Å². The highest BCUT2D eigenvalue weighted by atomic mass is 16.2. The summed E-state index contributed by atoms with van der Waals surface area (Å²) in [4.78, 5) is 51.6. The fourth-order valence-corrected chi connectivity index (χ4v) is 4.44. The van der Waals surface area contributed by atoms with E-state index in [0.717, 1.165) is 12.0 Å². The van der Waals surface area contributed by atoms with Gasteiger partial charge in [-0.2, -0.15) is 0 Å². The Morgan fingerprint density at radius 3 is 2.80 bits per heavy atom. The first-order valence-electron chi connectivity index (χ1n) is 9.97. The largest absolute Gasteiger partial charge is 0.345 e. The predicted octanol–water partition coefficient (Wildman–Crippen LogP) is 2.06. The van der Waals surface area contributed by atoms with Crippen molar-refractivity contribution in [1.82, 2.24) is 10.2 Å². The first-order chi connectivity index (χ1) is 14.5. The van der Waals surface area contributed by atoms with Crippen molar-refractivity contribution in [2.45, 2.75) is 31.3 Å². The lowest BCUT2D eigenvalue weighted by atomic mass is 10.0. The molecule has 3 aliphatic heterocycles. The van der Waals surface area contributed by atoms with Gasteiger partial charge in [-0.25, -0.2) is 0 Å². The second-order valence-corrected chi connectivity index (χ2v) is 7.77. The van der Waals surface area contributed by atoms with Crippen LogP contribution in [0.25, 0.3) is 0 Å². The van der Waals surface area contributed by atoms with Gasteiger partial charge in [0.15, 0.2) is 0 Å². The van der Waals surface area contributed by atoms with E-state index < -0.39 is 6.04 Å². The monoisotopic (exact) mass is 404 g/mol. The van der Waals surface area contributed by atoms with Gasteiger partial charge in [0.2, 0.25) is 11.8 Å². The van der Waals surface area contributed by atoms with Crippen molar-refractivity contribution < 1.29 is 19.2 Å². The molecule has 5 rings (SSSR count). The zero-order valence-electron chi connectivity index (χ0n) is 16.1. The maximum Gasteiger partial charge on any atom is 0.256 e. The second-order valence-electron chi connectivity index (χ2n) is 7.77. The lowest BCUT2D eigenvalue weighted by molar-refractivity contribution is -0.119. The second kappa shape index (κ2) is 6.98. The Kier molecular flexibility index (Phi) is 4.27. The van der Waals surface area contributed by atoms with E-state index in [1.165, 1.54) is 0 Å². The molecule has 8 heteroatoms. The molecule has 1 fully saturated rings. The molecule has 0 saturated carbocycles. The third-order valence-corrected chi connectivity index (χ3v) is 5.88. The summed E-state index contributed by atoms with van der Waals surface area (Å²) in [7, 11) is 0. The molecule has 0 radical (unpaired) electrons. The number of amides is 4. The van der Waals surface area contributed by atoms with Gasteiger partial charge < -0.3 is 20.9 Å². The number of carbonyl (C=O) groups is 4. The molecule has 152 valence electrons. The van der Waals surface area contributed by atoms with Crippen molar-refractivity contribution in [2.24, 2.45) is 0 Å². The van der Waals surface area contributed by atoms with Gasteiger partial charge in [-0.15, -0.1) is 0 Å². The minimum Gasteiger partial charge on any atom is -0.345 e. The van der Waals surface area contributed by atoms with E-state index >= 15 is 0 Å². The van der Waals surface area contributed by atoms with Crippen LogP contribution < -0.4 is 16.0 Å². The number of hydrogen-bond donors (Lipinski definition) is 3. The molecular formula is C22H20N4O4. The summed E-state index contributed by atoms with van der Waals surface area (Å²) in [6.07, 6.45) is 1.53. The molecule has 2 aromatic rings. The average molecular weight is 404 g/mol. The minimum atomic E-state index is -0.436. The number of anilines is 2. The molecule has 0 spiro atoms. The van der Waals surface area contributed by atoms with Gasteiger partial charge >= 0.3 is 0 Å². The van der Waals surface area contributed by atoms with Gasteiger partial charge in [0.05, 0.1) is 23.7 Å². The quantitative estimate of drug-likeness (QED) is 0.728. The summed E-state index contributed by atoms with van der Waals surface area (Å²) in [6.45, 7) is 0.549. The number of benzene rings is 2. The summed E-state index contributed by atoms with van der Waals surface area (Å²) in [5, 5.41) is 8.44. The topological polar surface area (TPSA) is 108 Å². The van der Waals surface area contributed by atoms with E-state index in [9.17, 15) is 19.2 Å². The third kappa shape index (κ3) is 3.01. The normalized spacial score (nSPS) is 21.9.